The molecule has 1 saturated carbocycles. The molecule has 1 aliphatic rings. The monoisotopic (exact) mass is 327 g/mol. The van der Waals surface area contributed by atoms with Crippen LogP contribution >= 0.6 is 15.9 Å². The standard InChI is InChI=1S/C15H19BrFNO/c1-10-6-7-12(13(17)8-10)15(19)18-14-5-3-2-4-11(14)9-16/h6-8,11,14H,2-5,9H2,1H3,(H,18,19). The van der Waals surface area contributed by atoms with Gasteiger partial charge < -0.3 is 5.32 Å². The molecule has 1 amide bonds. The number of carbonyl (C=O) groups is 1. The van der Waals surface area contributed by atoms with Crippen molar-refractivity contribution in [1.29, 1.82) is 0 Å². The minimum Gasteiger partial charge on any atom is -0.349 e. The van der Waals surface area contributed by atoms with Gasteiger partial charge in [-0.25, -0.2) is 4.39 Å². The van der Waals surface area contributed by atoms with Gasteiger partial charge in [-0.3, -0.25) is 4.79 Å². The highest BCUT2D eigenvalue weighted by molar-refractivity contribution is 9.09. The minimum absolute atomic E-state index is 0.143. The number of rotatable bonds is 3. The molecule has 1 aromatic rings. The molecular formula is C15H19BrFNO. The summed E-state index contributed by atoms with van der Waals surface area (Å²) in [6, 6.07) is 4.88. The Bertz CT molecular complexity index is 463. The van der Waals surface area contributed by atoms with Gasteiger partial charge in [-0.15, -0.1) is 0 Å². The van der Waals surface area contributed by atoms with Crippen molar-refractivity contribution in [3.05, 3.63) is 35.1 Å². The molecule has 0 heterocycles. The fraction of sp³-hybridized carbons (Fsp3) is 0.533. The van der Waals surface area contributed by atoms with Crippen molar-refractivity contribution in [2.45, 2.75) is 38.6 Å². The number of aryl methyl sites for hydroxylation is 1. The normalized spacial score (nSPS) is 23.1. The van der Waals surface area contributed by atoms with Gasteiger partial charge in [-0.05, 0) is 43.4 Å². The average molecular weight is 328 g/mol. The van der Waals surface area contributed by atoms with Crippen LogP contribution in [0.2, 0.25) is 0 Å². The Labute approximate surface area is 121 Å². The predicted molar refractivity (Wildman–Crippen MR) is 78.1 cm³/mol. The van der Waals surface area contributed by atoms with Crippen molar-refractivity contribution in [3.8, 4) is 0 Å². The van der Waals surface area contributed by atoms with E-state index in [9.17, 15) is 9.18 Å². The smallest absolute Gasteiger partial charge is 0.254 e. The Morgan fingerprint density at radius 1 is 1.42 bits per heavy atom. The van der Waals surface area contributed by atoms with Crippen LogP contribution in [0.25, 0.3) is 0 Å². The molecular weight excluding hydrogens is 309 g/mol. The number of benzene rings is 1. The molecule has 0 aliphatic heterocycles. The van der Waals surface area contributed by atoms with Crippen molar-refractivity contribution in [3.63, 3.8) is 0 Å². The fourth-order valence-electron chi connectivity index (χ4n) is 2.63. The second kappa shape index (κ2) is 6.51. The van der Waals surface area contributed by atoms with E-state index in [1.165, 1.54) is 12.5 Å². The molecule has 19 heavy (non-hydrogen) atoms. The third kappa shape index (κ3) is 3.56. The first-order valence-electron chi connectivity index (χ1n) is 6.75. The Hall–Kier alpha value is -0.900. The molecule has 1 fully saturated rings. The first-order chi connectivity index (χ1) is 9.11. The zero-order valence-corrected chi connectivity index (χ0v) is 12.7. The Balaban J connectivity index is 2.07. The first-order valence-corrected chi connectivity index (χ1v) is 7.87. The van der Waals surface area contributed by atoms with Crippen LogP contribution in [0.4, 0.5) is 4.39 Å². The number of halogens is 2. The summed E-state index contributed by atoms with van der Waals surface area (Å²) >= 11 is 3.50. The van der Waals surface area contributed by atoms with Crippen LogP contribution in [0.5, 0.6) is 0 Å². The molecule has 1 aromatic carbocycles. The molecule has 2 atom stereocenters. The molecule has 2 rings (SSSR count). The second-order valence-corrected chi connectivity index (χ2v) is 5.91. The lowest BCUT2D eigenvalue weighted by Gasteiger charge is -2.31. The van der Waals surface area contributed by atoms with Gasteiger partial charge >= 0.3 is 0 Å². The molecule has 4 heteroatoms. The van der Waals surface area contributed by atoms with Crippen molar-refractivity contribution in [2.75, 3.05) is 5.33 Å². The summed E-state index contributed by atoms with van der Waals surface area (Å²) in [5.41, 5.74) is 0.967. The lowest BCUT2D eigenvalue weighted by atomic mass is 9.86. The molecule has 0 saturated heterocycles. The first kappa shape index (κ1) is 14.5. The maximum atomic E-state index is 13.8. The van der Waals surface area contributed by atoms with Crippen molar-refractivity contribution >= 4 is 21.8 Å². The van der Waals surface area contributed by atoms with Gasteiger partial charge in [0.2, 0.25) is 0 Å². The van der Waals surface area contributed by atoms with Gasteiger partial charge in [0.15, 0.2) is 0 Å². The largest absolute Gasteiger partial charge is 0.349 e. The number of hydrogen-bond acceptors (Lipinski definition) is 1. The van der Waals surface area contributed by atoms with Crippen molar-refractivity contribution < 1.29 is 9.18 Å². The quantitative estimate of drug-likeness (QED) is 0.840. The second-order valence-electron chi connectivity index (χ2n) is 5.26. The molecule has 2 nitrogen and oxygen atoms in total. The van der Waals surface area contributed by atoms with Crippen LogP contribution in [0, 0.1) is 18.7 Å². The van der Waals surface area contributed by atoms with Gasteiger partial charge in [-0.2, -0.15) is 0 Å². The third-order valence-corrected chi connectivity index (χ3v) is 4.62. The van der Waals surface area contributed by atoms with Crippen molar-refractivity contribution in [1.82, 2.24) is 5.32 Å². The van der Waals surface area contributed by atoms with Crippen LogP contribution in [0.1, 0.15) is 41.6 Å². The Kier molecular flexibility index (Phi) is 4.97. The highest BCUT2D eigenvalue weighted by atomic mass is 79.9. The lowest BCUT2D eigenvalue weighted by Crippen LogP contribution is -2.43. The zero-order chi connectivity index (χ0) is 13.8. The van der Waals surface area contributed by atoms with E-state index in [-0.39, 0.29) is 17.5 Å². The third-order valence-electron chi connectivity index (χ3n) is 3.79. The van der Waals surface area contributed by atoms with Crippen LogP contribution < -0.4 is 5.32 Å². The number of nitrogens with one attached hydrogen (secondary N) is 1. The van der Waals surface area contributed by atoms with E-state index in [1.807, 2.05) is 6.92 Å². The summed E-state index contributed by atoms with van der Waals surface area (Å²) < 4.78 is 13.8. The maximum Gasteiger partial charge on any atom is 0.254 e. The van der Waals surface area contributed by atoms with E-state index in [0.717, 1.165) is 30.2 Å². The molecule has 0 radical (unpaired) electrons. The van der Waals surface area contributed by atoms with Crippen LogP contribution in [0.15, 0.2) is 18.2 Å². The van der Waals surface area contributed by atoms with E-state index in [0.29, 0.717) is 5.92 Å². The summed E-state index contributed by atoms with van der Waals surface area (Å²) in [4.78, 5) is 12.1. The van der Waals surface area contributed by atoms with Crippen LogP contribution in [0.3, 0.4) is 0 Å². The highest BCUT2D eigenvalue weighted by Crippen LogP contribution is 2.26. The minimum atomic E-state index is -0.441. The Morgan fingerprint density at radius 3 is 2.84 bits per heavy atom. The molecule has 2 unspecified atom stereocenters. The molecule has 104 valence electrons. The maximum absolute atomic E-state index is 13.8. The number of hydrogen-bond donors (Lipinski definition) is 1. The predicted octanol–water partition coefficient (Wildman–Crippen LogP) is 3.82. The Morgan fingerprint density at radius 2 is 2.16 bits per heavy atom. The molecule has 1 N–H and O–H groups in total. The number of alkyl halides is 1. The van der Waals surface area contributed by atoms with Gasteiger partial charge in [0.05, 0.1) is 5.56 Å². The van der Waals surface area contributed by atoms with Gasteiger partial charge in [0.25, 0.3) is 5.91 Å². The van der Waals surface area contributed by atoms with Gasteiger partial charge in [0, 0.05) is 11.4 Å². The molecule has 1 aliphatic carbocycles. The van der Waals surface area contributed by atoms with Crippen LogP contribution in [-0.4, -0.2) is 17.3 Å². The summed E-state index contributed by atoms with van der Waals surface area (Å²) in [7, 11) is 0. The van der Waals surface area contributed by atoms with Crippen LogP contribution in [-0.2, 0) is 0 Å². The zero-order valence-electron chi connectivity index (χ0n) is 11.1. The average Bonchev–Trinajstić information content (AvgIpc) is 2.39. The summed E-state index contributed by atoms with van der Waals surface area (Å²) in [5, 5.41) is 3.87. The van der Waals surface area contributed by atoms with E-state index in [2.05, 4.69) is 21.2 Å². The van der Waals surface area contributed by atoms with E-state index in [1.54, 1.807) is 12.1 Å². The number of amides is 1. The number of carbonyl (C=O) groups excluding carboxylic acids is 1. The highest BCUT2D eigenvalue weighted by Gasteiger charge is 2.26. The lowest BCUT2D eigenvalue weighted by molar-refractivity contribution is 0.0907. The molecule has 0 aromatic heterocycles. The van der Waals surface area contributed by atoms with Gasteiger partial charge in [0.1, 0.15) is 5.82 Å². The fourth-order valence-corrected chi connectivity index (χ4v) is 3.41. The van der Waals surface area contributed by atoms with Gasteiger partial charge in [-0.1, -0.05) is 34.8 Å². The SMILES string of the molecule is Cc1ccc(C(=O)NC2CCCCC2CBr)c(F)c1. The van der Waals surface area contributed by atoms with E-state index in [4.69, 9.17) is 0 Å². The molecule has 0 spiro atoms. The van der Waals surface area contributed by atoms with E-state index < -0.39 is 5.82 Å². The topological polar surface area (TPSA) is 29.1 Å². The van der Waals surface area contributed by atoms with E-state index >= 15 is 0 Å². The van der Waals surface area contributed by atoms with Crippen molar-refractivity contribution in [2.24, 2.45) is 5.92 Å². The summed E-state index contributed by atoms with van der Waals surface area (Å²) in [6.07, 6.45) is 4.44. The summed E-state index contributed by atoms with van der Waals surface area (Å²) in [6.45, 7) is 1.81. The summed E-state index contributed by atoms with van der Waals surface area (Å²) in [5.74, 6) is -0.287. The molecule has 0 bridgehead atoms.